The smallest absolute Gasteiger partial charge is 0.307 e. The third-order valence-electron chi connectivity index (χ3n) is 3.64. The zero-order valence-corrected chi connectivity index (χ0v) is 13.2. The monoisotopic (exact) mass is 313 g/mol. The summed E-state index contributed by atoms with van der Waals surface area (Å²) in [6.07, 6.45) is 1.83. The van der Waals surface area contributed by atoms with E-state index in [0.29, 0.717) is 13.2 Å². The molecular weight excluding hydrogens is 290 g/mol. The molecule has 0 aliphatic carbocycles. The lowest BCUT2D eigenvalue weighted by Crippen LogP contribution is -2.34. The van der Waals surface area contributed by atoms with Crippen molar-refractivity contribution >= 4 is 5.97 Å². The van der Waals surface area contributed by atoms with Crippen LogP contribution in [0.3, 0.4) is 0 Å². The van der Waals surface area contributed by atoms with Gasteiger partial charge in [0.2, 0.25) is 0 Å². The van der Waals surface area contributed by atoms with Crippen LogP contribution in [0.25, 0.3) is 0 Å². The van der Waals surface area contributed by atoms with Crippen molar-refractivity contribution in [2.45, 2.75) is 19.4 Å². The summed E-state index contributed by atoms with van der Waals surface area (Å²) in [7, 11) is 0. The van der Waals surface area contributed by atoms with Gasteiger partial charge in [-0.3, -0.25) is 4.79 Å². The minimum Gasteiger partial charge on any atom is -0.489 e. The lowest BCUT2D eigenvalue weighted by atomic mass is 10.0. The lowest BCUT2D eigenvalue weighted by Gasteiger charge is -2.18. The molecule has 4 nitrogen and oxygen atoms in total. The number of hydrogen-bond donors (Lipinski definition) is 2. The predicted octanol–water partition coefficient (Wildman–Crippen LogP) is 3.34. The van der Waals surface area contributed by atoms with Gasteiger partial charge in [0.25, 0.3) is 0 Å². The van der Waals surface area contributed by atoms with E-state index in [4.69, 9.17) is 9.84 Å². The molecule has 1 aliphatic heterocycles. The van der Waals surface area contributed by atoms with Gasteiger partial charge in [-0.25, -0.2) is 0 Å². The highest BCUT2D eigenvalue weighted by atomic mass is 16.5. The number of para-hydroxylation sites is 1. The molecule has 0 spiro atoms. The molecule has 0 radical (unpaired) electrons. The highest BCUT2D eigenvalue weighted by molar-refractivity contribution is 5.70. The van der Waals surface area contributed by atoms with Crippen LogP contribution in [0.2, 0.25) is 0 Å². The molecule has 2 aromatic carbocycles. The first kappa shape index (κ1) is 17.0. The van der Waals surface area contributed by atoms with Crippen LogP contribution in [0.15, 0.2) is 60.7 Å². The number of piperidine rings is 1. The second-order valence-electron chi connectivity index (χ2n) is 5.47. The molecule has 0 bridgehead atoms. The average molecular weight is 313 g/mol. The number of nitrogens with one attached hydrogen (secondary N) is 1. The number of hydrogen-bond acceptors (Lipinski definition) is 3. The van der Waals surface area contributed by atoms with Crippen molar-refractivity contribution in [3.63, 3.8) is 0 Å². The zero-order valence-electron chi connectivity index (χ0n) is 13.2. The molecule has 1 atom stereocenters. The van der Waals surface area contributed by atoms with Gasteiger partial charge >= 0.3 is 5.97 Å². The summed E-state index contributed by atoms with van der Waals surface area (Å²) in [5.41, 5.74) is 1.19. The van der Waals surface area contributed by atoms with Crippen molar-refractivity contribution in [1.29, 1.82) is 0 Å². The quantitative estimate of drug-likeness (QED) is 0.909. The highest BCUT2D eigenvalue weighted by Crippen LogP contribution is 2.11. The van der Waals surface area contributed by atoms with Crippen LogP contribution in [0.4, 0.5) is 0 Å². The Morgan fingerprint density at radius 2 is 1.74 bits per heavy atom. The van der Waals surface area contributed by atoms with Gasteiger partial charge in [0.05, 0.1) is 5.92 Å². The second kappa shape index (κ2) is 9.64. The molecule has 0 unspecified atom stereocenters. The van der Waals surface area contributed by atoms with Gasteiger partial charge in [0.15, 0.2) is 0 Å². The van der Waals surface area contributed by atoms with Gasteiger partial charge < -0.3 is 15.2 Å². The fourth-order valence-corrected chi connectivity index (χ4v) is 2.32. The maximum atomic E-state index is 10.3. The molecule has 1 aliphatic rings. The number of benzene rings is 2. The minimum absolute atomic E-state index is 0.140. The van der Waals surface area contributed by atoms with Gasteiger partial charge in [-0.2, -0.15) is 0 Å². The normalized spacial score (nSPS) is 16.8. The van der Waals surface area contributed by atoms with Gasteiger partial charge in [-0.05, 0) is 37.1 Å². The largest absolute Gasteiger partial charge is 0.489 e. The van der Waals surface area contributed by atoms with Crippen LogP contribution < -0.4 is 10.1 Å². The number of aliphatic carboxylic acids is 1. The van der Waals surface area contributed by atoms with Crippen molar-refractivity contribution in [3.05, 3.63) is 66.2 Å². The third-order valence-corrected chi connectivity index (χ3v) is 3.64. The van der Waals surface area contributed by atoms with Gasteiger partial charge in [0.1, 0.15) is 12.4 Å². The zero-order chi connectivity index (χ0) is 16.3. The molecule has 1 saturated heterocycles. The summed E-state index contributed by atoms with van der Waals surface area (Å²) < 4.78 is 5.59. The lowest BCUT2D eigenvalue weighted by molar-refractivity contribution is -0.142. The molecule has 4 heteroatoms. The van der Waals surface area contributed by atoms with E-state index in [1.54, 1.807) is 0 Å². The topological polar surface area (TPSA) is 58.6 Å². The van der Waals surface area contributed by atoms with Crippen molar-refractivity contribution in [1.82, 2.24) is 5.32 Å². The van der Waals surface area contributed by atoms with Crippen LogP contribution in [-0.4, -0.2) is 24.2 Å². The first-order valence-corrected chi connectivity index (χ1v) is 7.91. The number of carboxylic acids is 1. The fraction of sp³-hybridized carbons (Fsp3) is 0.316. The standard InChI is InChI=1S/C13H12O.C6H11NO2/c1-3-7-12(8-4-1)11-14-13-9-5-2-6-10-13;8-6(9)5-2-1-3-7-4-5/h1-10H,11H2;5,7H,1-4H2,(H,8,9)/t;5-/m.1/s1. The Morgan fingerprint density at radius 1 is 1.09 bits per heavy atom. The molecule has 1 heterocycles. The summed E-state index contributed by atoms with van der Waals surface area (Å²) in [6.45, 7) is 2.25. The SMILES string of the molecule is O=C(O)[C@@H]1CCCNC1.c1ccc(COc2ccccc2)cc1. The third kappa shape index (κ3) is 6.53. The highest BCUT2D eigenvalue weighted by Gasteiger charge is 2.18. The Hall–Kier alpha value is -2.33. The van der Waals surface area contributed by atoms with E-state index in [0.717, 1.165) is 25.1 Å². The second-order valence-corrected chi connectivity index (χ2v) is 5.47. The van der Waals surface area contributed by atoms with Crippen molar-refractivity contribution in [3.8, 4) is 5.75 Å². The number of rotatable bonds is 4. The Bertz CT molecular complexity index is 526. The van der Waals surface area contributed by atoms with Crippen molar-refractivity contribution < 1.29 is 14.6 Å². The summed E-state index contributed by atoms with van der Waals surface area (Å²) >= 11 is 0. The van der Waals surface area contributed by atoms with E-state index in [2.05, 4.69) is 17.4 Å². The van der Waals surface area contributed by atoms with Gasteiger partial charge in [-0.1, -0.05) is 48.5 Å². The van der Waals surface area contributed by atoms with Crippen LogP contribution in [-0.2, 0) is 11.4 Å². The fourth-order valence-electron chi connectivity index (χ4n) is 2.32. The molecule has 1 fully saturated rings. The Kier molecular flexibility index (Phi) is 7.14. The molecule has 2 N–H and O–H groups in total. The summed E-state index contributed by atoms with van der Waals surface area (Å²) in [5, 5.41) is 11.5. The first-order chi connectivity index (χ1) is 11.3. The van der Waals surface area contributed by atoms with E-state index >= 15 is 0 Å². The van der Waals surface area contributed by atoms with E-state index in [-0.39, 0.29) is 5.92 Å². The molecule has 2 aromatic rings. The summed E-state index contributed by atoms with van der Waals surface area (Å²) in [5.74, 6) is 0.109. The van der Waals surface area contributed by atoms with Crippen LogP contribution in [0, 0.1) is 5.92 Å². The number of carboxylic acid groups (broad SMARTS) is 1. The molecular formula is C19H23NO3. The maximum Gasteiger partial charge on any atom is 0.307 e. The molecule has 23 heavy (non-hydrogen) atoms. The van der Waals surface area contributed by atoms with E-state index in [9.17, 15) is 4.79 Å². The van der Waals surface area contributed by atoms with Gasteiger partial charge in [-0.15, -0.1) is 0 Å². The molecule has 3 rings (SSSR count). The maximum absolute atomic E-state index is 10.3. The molecule has 0 amide bonds. The van der Waals surface area contributed by atoms with Gasteiger partial charge in [0, 0.05) is 6.54 Å². The minimum atomic E-state index is -0.665. The first-order valence-electron chi connectivity index (χ1n) is 7.91. The van der Waals surface area contributed by atoms with E-state index < -0.39 is 5.97 Å². The molecule has 0 aromatic heterocycles. The summed E-state index contributed by atoms with van der Waals surface area (Å²) in [4.78, 5) is 10.3. The van der Waals surface area contributed by atoms with Crippen molar-refractivity contribution in [2.75, 3.05) is 13.1 Å². The number of ether oxygens (including phenoxy) is 1. The number of carbonyl (C=O) groups is 1. The van der Waals surface area contributed by atoms with E-state index in [1.807, 2.05) is 48.5 Å². The van der Waals surface area contributed by atoms with Crippen LogP contribution in [0.1, 0.15) is 18.4 Å². The van der Waals surface area contributed by atoms with Crippen LogP contribution >= 0.6 is 0 Å². The Morgan fingerprint density at radius 3 is 2.26 bits per heavy atom. The predicted molar refractivity (Wildman–Crippen MR) is 90.4 cm³/mol. The Balaban J connectivity index is 0.000000185. The Labute approximate surface area is 137 Å². The van der Waals surface area contributed by atoms with Crippen molar-refractivity contribution in [2.24, 2.45) is 5.92 Å². The van der Waals surface area contributed by atoms with E-state index in [1.165, 1.54) is 5.56 Å². The average Bonchev–Trinajstić information content (AvgIpc) is 2.63. The molecule has 122 valence electrons. The summed E-state index contributed by atoms with van der Waals surface area (Å²) in [6, 6.07) is 20.0. The van der Waals surface area contributed by atoms with Crippen LogP contribution in [0.5, 0.6) is 5.75 Å². The molecule has 0 saturated carbocycles.